The molecule has 2 aliphatic rings. The summed E-state index contributed by atoms with van der Waals surface area (Å²) >= 11 is 1.17. The lowest BCUT2D eigenvalue weighted by molar-refractivity contribution is -0.384. The number of nitro benzene ring substituents is 1. The van der Waals surface area contributed by atoms with Gasteiger partial charge in [0, 0.05) is 17.0 Å². The molecule has 10 nitrogen and oxygen atoms in total. The number of methoxy groups -OCH3 is 1. The first-order chi connectivity index (χ1) is 17.2. The van der Waals surface area contributed by atoms with Crippen molar-refractivity contribution in [3.8, 4) is 0 Å². The Bertz CT molecular complexity index is 1390. The molecule has 0 bridgehead atoms. The van der Waals surface area contributed by atoms with Gasteiger partial charge in [-0.05, 0) is 37.1 Å². The van der Waals surface area contributed by atoms with E-state index < -0.39 is 40.8 Å². The number of hydroxylamine groups is 1. The number of fused-ring (bicyclic) bond motifs is 1. The SMILES string of the molecule is COC(=O)c1c(N2C(=O)[C@H]3[C@@H](ON(c4ccccc4)[C@H]3c3ccc([N+](=O)[O-])cc3)C2=O)sc(C)c1C. The van der Waals surface area contributed by atoms with Crippen LogP contribution >= 0.6 is 11.3 Å². The van der Waals surface area contributed by atoms with Crippen molar-refractivity contribution in [3.63, 3.8) is 0 Å². The lowest BCUT2D eigenvalue weighted by Gasteiger charge is -2.28. The summed E-state index contributed by atoms with van der Waals surface area (Å²) in [6.07, 6.45) is -1.13. The van der Waals surface area contributed by atoms with Crippen molar-refractivity contribution in [2.24, 2.45) is 5.92 Å². The standard InChI is InChI=1S/C25H21N3O7S/c1-13-14(2)36-24(18(13)25(31)34-3)26-22(29)19-20(15-9-11-17(12-10-15)28(32)33)27(35-21(19)23(26)30)16-7-5-4-6-8-16/h4-12,19-21H,1-3H3/t19-,20+,21-/m1/s1. The summed E-state index contributed by atoms with van der Waals surface area (Å²) in [5.74, 6) is -2.67. The highest BCUT2D eigenvalue weighted by Gasteiger charge is 2.61. The van der Waals surface area contributed by atoms with Crippen LogP contribution in [0, 0.1) is 29.9 Å². The number of esters is 1. The average molecular weight is 508 g/mol. The fourth-order valence-corrected chi connectivity index (χ4v) is 5.81. The molecule has 0 aliphatic carbocycles. The van der Waals surface area contributed by atoms with Gasteiger partial charge in [0.2, 0.25) is 5.91 Å². The molecule has 0 spiro atoms. The number of aryl methyl sites for hydroxylation is 1. The molecule has 1 aromatic heterocycles. The van der Waals surface area contributed by atoms with Gasteiger partial charge in [0.15, 0.2) is 6.10 Å². The van der Waals surface area contributed by atoms with Crippen LogP contribution in [-0.4, -0.2) is 35.9 Å². The molecule has 3 heterocycles. The smallest absolute Gasteiger partial charge is 0.341 e. The lowest BCUT2D eigenvalue weighted by Crippen LogP contribution is -2.37. The molecular formula is C25H21N3O7S. The van der Waals surface area contributed by atoms with E-state index in [2.05, 4.69) is 0 Å². The van der Waals surface area contributed by atoms with Gasteiger partial charge in [0.05, 0.1) is 29.3 Å². The largest absolute Gasteiger partial charge is 0.465 e. The van der Waals surface area contributed by atoms with E-state index in [9.17, 15) is 24.5 Å². The molecule has 2 saturated heterocycles. The van der Waals surface area contributed by atoms with Crippen molar-refractivity contribution < 1.29 is 28.9 Å². The predicted octanol–water partition coefficient (Wildman–Crippen LogP) is 4.11. The number of amides is 2. The fourth-order valence-electron chi connectivity index (χ4n) is 4.65. The molecule has 2 fully saturated rings. The van der Waals surface area contributed by atoms with Crippen LogP contribution in [0.2, 0.25) is 0 Å². The number of imide groups is 1. The first-order valence-corrected chi connectivity index (χ1v) is 11.9. The number of rotatable bonds is 5. The molecule has 2 amide bonds. The first kappa shape index (κ1) is 23.6. The van der Waals surface area contributed by atoms with Crippen molar-refractivity contribution in [1.82, 2.24) is 0 Å². The van der Waals surface area contributed by atoms with Gasteiger partial charge in [0.25, 0.3) is 11.6 Å². The monoisotopic (exact) mass is 507 g/mol. The minimum absolute atomic E-state index is 0.0943. The summed E-state index contributed by atoms with van der Waals surface area (Å²) in [4.78, 5) is 58.5. The van der Waals surface area contributed by atoms with Crippen LogP contribution in [-0.2, 0) is 19.2 Å². The minimum atomic E-state index is -1.13. The molecule has 0 radical (unpaired) electrons. The van der Waals surface area contributed by atoms with Crippen LogP contribution in [0.1, 0.15) is 32.4 Å². The molecule has 36 heavy (non-hydrogen) atoms. The van der Waals surface area contributed by atoms with Crippen molar-refractivity contribution in [3.05, 3.63) is 86.3 Å². The first-order valence-electron chi connectivity index (χ1n) is 11.1. The maximum absolute atomic E-state index is 13.9. The van der Waals surface area contributed by atoms with Gasteiger partial charge < -0.3 is 4.74 Å². The third-order valence-electron chi connectivity index (χ3n) is 6.53. The highest BCUT2D eigenvalue weighted by Crippen LogP contribution is 2.49. The Balaban J connectivity index is 1.60. The number of benzene rings is 2. The second-order valence-electron chi connectivity index (χ2n) is 8.47. The van der Waals surface area contributed by atoms with Crippen molar-refractivity contribution in [2.75, 3.05) is 17.1 Å². The van der Waals surface area contributed by atoms with Gasteiger partial charge in [-0.25, -0.2) is 14.8 Å². The molecule has 2 aromatic carbocycles. The van der Waals surface area contributed by atoms with Gasteiger partial charge in [-0.1, -0.05) is 30.3 Å². The molecule has 3 aromatic rings. The van der Waals surface area contributed by atoms with Crippen LogP contribution in [0.15, 0.2) is 54.6 Å². The minimum Gasteiger partial charge on any atom is -0.465 e. The molecule has 3 atom stereocenters. The summed E-state index contributed by atoms with van der Waals surface area (Å²) in [5.41, 5.74) is 1.92. The number of non-ortho nitro benzene ring substituents is 1. The van der Waals surface area contributed by atoms with E-state index in [-0.39, 0.29) is 16.3 Å². The second-order valence-corrected chi connectivity index (χ2v) is 9.68. The Morgan fingerprint density at radius 1 is 1.06 bits per heavy atom. The zero-order valence-electron chi connectivity index (χ0n) is 19.5. The van der Waals surface area contributed by atoms with Gasteiger partial charge in [-0.2, -0.15) is 0 Å². The molecule has 2 aliphatic heterocycles. The quantitative estimate of drug-likeness (QED) is 0.219. The molecule has 184 valence electrons. The van der Waals surface area contributed by atoms with Gasteiger partial charge >= 0.3 is 5.97 Å². The number of nitrogens with zero attached hydrogens (tertiary/aromatic N) is 3. The summed E-state index contributed by atoms with van der Waals surface area (Å²) in [6, 6.07) is 14.1. The van der Waals surface area contributed by atoms with Crippen molar-refractivity contribution in [2.45, 2.75) is 26.0 Å². The maximum Gasteiger partial charge on any atom is 0.341 e. The van der Waals surface area contributed by atoms with E-state index in [1.54, 1.807) is 50.2 Å². The lowest BCUT2D eigenvalue weighted by atomic mass is 9.90. The normalized spacial score (nSPS) is 21.1. The van der Waals surface area contributed by atoms with Gasteiger partial charge in [-0.15, -0.1) is 11.3 Å². The Kier molecular flexibility index (Phi) is 5.81. The summed E-state index contributed by atoms with van der Waals surface area (Å²) in [6.45, 7) is 3.54. The number of thiophene rings is 1. The number of anilines is 2. The number of carbonyl (C=O) groups excluding carboxylic acids is 3. The Hall–Kier alpha value is -4.09. The van der Waals surface area contributed by atoms with E-state index in [4.69, 9.17) is 9.57 Å². The highest BCUT2D eigenvalue weighted by atomic mass is 32.1. The number of hydrogen-bond donors (Lipinski definition) is 0. The molecular weight excluding hydrogens is 486 g/mol. The third kappa shape index (κ3) is 3.55. The fraction of sp³-hybridized carbons (Fsp3) is 0.240. The van der Waals surface area contributed by atoms with Crippen molar-refractivity contribution in [1.29, 1.82) is 0 Å². The Labute approximate surface area is 209 Å². The molecule has 0 N–H and O–H groups in total. The van der Waals surface area contributed by atoms with E-state index in [0.717, 1.165) is 9.78 Å². The van der Waals surface area contributed by atoms with Crippen molar-refractivity contribution >= 4 is 45.5 Å². The molecule has 5 rings (SSSR count). The molecule has 0 saturated carbocycles. The van der Waals surface area contributed by atoms with E-state index in [0.29, 0.717) is 16.8 Å². The summed E-state index contributed by atoms with van der Waals surface area (Å²) in [7, 11) is 1.24. The maximum atomic E-state index is 13.9. The van der Waals surface area contributed by atoms with Gasteiger partial charge in [-0.3, -0.25) is 24.5 Å². The third-order valence-corrected chi connectivity index (χ3v) is 7.72. The second kappa shape index (κ2) is 8.85. The van der Waals surface area contributed by atoms with Crippen LogP contribution in [0.5, 0.6) is 0 Å². The Morgan fingerprint density at radius 2 is 1.72 bits per heavy atom. The molecule has 11 heteroatoms. The zero-order valence-corrected chi connectivity index (χ0v) is 20.4. The number of para-hydroxylation sites is 1. The van der Waals surface area contributed by atoms with Gasteiger partial charge in [0.1, 0.15) is 10.9 Å². The van der Waals surface area contributed by atoms with E-state index in [1.165, 1.54) is 35.6 Å². The zero-order chi connectivity index (χ0) is 25.7. The van der Waals surface area contributed by atoms with Crippen LogP contribution in [0.3, 0.4) is 0 Å². The summed E-state index contributed by atoms with van der Waals surface area (Å²) < 4.78 is 4.91. The van der Waals surface area contributed by atoms with Crippen LogP contribution in [0.4, 0.5) is 16.4 Å². The average Bonchev–Trinajstić information content (AvgIpc) is 3.49. The number of ether oxygens (including phenoxy) is 1. The Morgan fingerprint density at radius 3 is 2.33 bits per heavy atom. The van der Waals surface area contributed by atoms with E-state index in [1.807, 2.05) is 6.07 Å². The predicted molar refractivity (Wildman–Crippen MR) is 131 cm³/mol. The number of carbonyl (C=O) groups is 3. The number of hydrogen-bond acceptors (Lipinski definition) is 9. The van der Waals surface area contributed by atoms with E-state index >= 15 is 0 Å². The summed E-state index contributed by atoms with van der Waals surface area (Å²) in [5, 5.41) is 12.9. The molecule has 0 unspecified atom stereocenters. The highest BCUT2D eigenvalue weighted by molar-refractivity contribution is 7.17. The van der Waals surface area contributed by atoms with Crippen LogP contribution < -0.4 is 9.96 Å². The number of nitro groups is 1. The topological polar surface area (TPSA) is 119 Å². The van der Waals surface area contributed by atoms with Crippen LogP contribution in [0.25, 0.3) is 0 Å².